The van der Waals surface area contributed by atoms with E-state index in [4.69, 9.17) is 33.2 Å². The van der Waals surface area contributed by atoms with E-state index in [-0.39, 0.29) is 24.5 Å². The van der Waals surface area contributed by atoms with E-state index in [0.717, 1.165) is 0 Å². The fourth-order valence-corrected chi connectivity index (χ4v) is 7.94. The van der Waals surface area contributed by atoms with Gasteiger partial charge in [-0.15, -0.1) is 0 Å². The SMILES string of the molecule is C=C1[C@H](OC(C)=O)[C@@H](OC(=O)C(C)(C)C)[C@@H](OC(C)=O)C(C)(C)/C=C/[C@H](C)[C@H]2O[C@]3(C)C[C@@]2(OC(=O)c2ccccc2)[C@H]([C@H]3OC(C)=O)[C@H]1OCC(C)C. The van der Waals surface area contributed by atoms with Crippen LogP contribution in [0.15, 0.2) is 54.6 Å². The second-order valence-electron chi connectivity index (χ2n) is 17.2. The van der Waals surface area contributed by atoms with Gasteiger partial charge in [0.2, 0.25) is 0 Å². The van der Waals surface area contributed by atoms with Crippen molar-refractivity contribution in [2.75, 3.05) is 6.61 Å². The van der Waals surface area contributed by atoms with Crippen LogP contribution in [0.1, 0.15) is 99.9 Å². The average molecular weight is 755 g/mol. The van der Waals surface area contributed by atoms with Gasteiger partial charge in [0.15, 0.2) is 23.9 Å². The molecular formula is C42H58O12. The third kappa shape index (κ3) is 8.91. The molecule has 1 heterocycles. The Hall–Kier alpha value is -4.03. The highest BCUT2D eigenvalue weighted by Crippen LogP contribution is 2.61. The molecule has 2 aliphatic carbocycles. The summed E-state index contributed by atoms with van der Waals surface area (Å²) in [6.07, 6.45) is -3.29. The van der Waals surface area contributed by atoms with Crippen LogP contribution in [0.5, 0.6) is 0 Å². The molecule has 298 valence electrons. The highest BCUT2D eigenvalue weighted by Gasteiger charge is 2.76. The Morgan fingerprint density at radius 3 is 1.98 bits per heavy atom. The summed E-state index contributed by atoms with van der Waals surface area (Å²) in [6.45, 7) is 24.6. The van der Waals surface area contributed by atoms with Gasteiger partial charge < -0.3 is 33.2 Å². The minimum absolute atomic E-state index is 0.0216. The molecule has 2 bridgehead atoms. The zero-order valence-electron chi connectivity index (χ0n) is 33.8. The molecule has 12 nitrogen and oxygen atoms in total. The number of rotatable bonds is 9. The number of benzene rings is 1. The standard InChI is InChI=1S/C42H58O12/c1-23(2)21-48-31-25(4)32(49-26(5)43)33(52-38(47)39(8,9)10)36(51-28(7)45)40(11,12)20-19-24(3)34-42(54-37(46)29-17-15-14-16-18-29)22-41(13,53-34)35(30(31)42)50-27(6)44/h14-20,23-24,30-36H,4,21-22H2,1-3,5-13H3/b20-19+/t24-,30-,31-,32-,33+,34+,35+,36+,41+,42+/m0/s1. The summed E-state index contributed by atoms with van der Waals surface area (Å²) < 4.78 is 44.7. The molecule has 12 heteroatoms. The minimum Gasteiger partial charge on any atom is -0.459 e. The van der Waals surface area contributed by atoms with Gasteiger partial charge in [0.1, 0.15) is 17.8 Å². The van der Waals surface area contributed by atoms with E-state index in [0.29, 0.717) is 5.56 Å². The second kappa shape index (κ2) is 16.0. The van der Waals surface area contributed by atoms with Gasteiger partial charge in [-0.05, 0) is 51.3 Å². The zero-order chi connectivity index (χ0) is 40.6. The summed E-state index contributed by atoms with van der Waals surface area (Å²) in [5, 5.41) is 0. The van der Waals surface area contributed by atoms with Crippen molar-refractivity contribution in [3.05, 3.63) is 60.2 Å². The van der Waals surface area contributed by atoms with Crippen LogP contribution >= 0.6 is 0 Å². The van der Waals surface area contributed by atoms with Crippen molar-refractivity contribution in [1.82, 2.24) is 0 Å². The maximum atomic E-state index is 14.2. The summed E-state index contributed by atoms with van der Waals surface area (Å²) in [6, 6.07) is 8.54. The lowest BCUT2D eigenvalue weighted by Gasteiger charge is -2.50. The molecule has 4 rings (SSSR count). The van der Waals surface area contributed by atoms with E-state index in [2.05, 4.69) is 6.58 Å². The number of carbonyl (C=O) groups is 5. The number of esters is 5. The van der Waals surface area contributed by atoms with E-state index in [1.807, 2.05) is 53.7 Å². The molecule has 0 amide bonds. The van der Waals surface area contributed by atoms with Gasteiger partial charge in [-0.25, -0.2) is 4.79 Å². The van der Waals surface area contributed by atoms with Crippen LogP contribution in [0, 0.1) is 28.6 Å². The van der Waals surface area contributed by atoms with E-state index < -0.39 is 100 Å². The van der Waals surface area contributed by atoms with Crippen molar-refractivity contribution in [2.45, 2.75) is 137 Å². The molecule has 0 unspecified atom stereocenters. The fraction of sp³-hybridized carbons (Fsp3) is 0.643. The fourth-order valence-electron chi connectivity index (χ4n) is 7.94. The van der Waals surface area contributed by atoms with Crippen molar-refractivity contribution in [3.8, 4) is 0 Å². The topological polar surface area (TPSA) is 150 Å². The Kier molecular flexibility index (Phi) is 12.6. The smallest absolute Gasteiger partial charge is 0.338 e. The summed E-state index contributed by atoms with van der Waals surface area (Å²) in [4.78, 5) is 66.7. The van der Waals surface area contributed by atoms with Gasteiger partial charge in [-0.3, -0.25) is 19.2 Å². The first-order valence-electron chi connectivity index (χ1n) is 18.6. The van der Waals surface area contributed by atoms with Gasteiger partial charge in [0.25, 0.3) is 0 Å². The number of fused-ring (bicyclic) bond motifs is 1. The predicted molar refractivity (Wildman–Crippen MR) is 198 cm³/mol. The normalized spacial score (nSPS) is 33.8. The molecule has 10 atom stereocenters. The summed E-state index contributed by atoms with van der Waals surface area (Å²) in [5.74, 6) is -4.72. The van der Waals surface area contributed by atoms with Crippen LogP contribution in [0.4, 0.5) is 0 Å². The highest BCUT2D eigenvalue weighted by molar-refractivity contribution is 5.89. The minimum atomic E-state index is -1.49. The van der Waals surface area contributed by atoms with Crippen LogP contribution in [-0.4, -0.2) is 84.3 Å². The van der Waals surface area contributed by atoms with Crippen molar-refractivity contribution in [1.29, 1.82) is 0 Å². The van der Waals surface area contributed by atoms with Gasteiger partial charge in [-0.1, -0.05) is 71.5 Å². The van der Waals surface area contributed by atoms with Gasteiger partial charge in [0.05, 0.1) is 23.0 Å². The Balaban J connectivity index is 2.10. The lowest BCUT2D eigenvalue weighted by molar-refractivity contribution is -0.236. The summed E-state index contributed by atoms with van der Waals surface area (Å²) in [7, 11) is 0. The highest BCUT2D eigenvalue weighted by atomic mass is 16.6. The average Bonchev–Trinajstić information content (AvgIpc) is 3.48. The Labute approximate surface area is 319 Å². The molecule has 0 spiro atoms. The van der Waals surface area contributed by atoms with Crippen molar-refractivity contribution < 1.29 is 57.1 Å². The van der Waals surface area contributed by atoms with E-state index >= 15 is 0 Å². The quantitative estimate of drug-likeness (QED) is 0.157. The van der Waals surface area contributed by atoms with E-state index in [9.17, 15) is 24.0 Å². The number of hydrogen-bond acceptors (Lipinski definition) is 12. The van der Waals surface area contributed by atoms with Crippen molar-refractivity contribution in [3.63, 3.8) is 0 Å². The molecule has 1 aliphatic heterocycles. The molecular weight excluding hydrogens is 696 g/mol. The summed E-state index contributed by atoms with van der Waals surface area (Å²) >= 11 is 0. The van der Waals surface area contributed by atoms with Crippen LogP contribution in [0.2, 0.25) is 0 Å². The molecule has 1 saturated heterocycles. The Morgan fingerprint density at radius 2 is 1.44 bits per heavy atom. The maximum Gasteiger partial charge on any atom is 0.338 e. The lowest BCUT2D eigenvalue weighted by atomic mass is 9.71. The molecule has 0 radical (unpaired) electrons. The molecule has 1 saturated carbocycles. The summed E-state index contributed by atoms with van der Waals surface area (Å²) in [5.41, 5.74) is -4.33. The molecule has 54 heavy (non-hydrogen) atoms. The van der Waals surface area contributed by atoms with Gasteiger partial charge in [-0.2, -0.15) is 0 Å². The second-order valence-corrected chi connectivity index (χ2v) is 17.2. The first-order valence-corrected chi connectivity index (χ1v) is 18.6. The van der Waals surface area contributed by atoms with Crippen LogP contribution < -0.4 is 0 Å². The first-order chi connectivity index (χ1) is 24.9. The molecule has 2 fully saturated rings. The van der Waals surface area contributed by atoms with Crippen LogP contribution in [-0.2, 0) is 52.3 Å². The van der Waals surface area contributed by atoms with Crippen molar-refractivity contribution in [2.24, 2.45) is 28.6 Å². The van der Waals surface area contributed by atoms with Gasteiger partial charge >= 0.3 is 29.8 Å². The largest absolute Gasteiger partial charge is 0.459 e. The third-order valence-electron chi connectivity index (χ3n) is 10.3. The number of hydrogen-bond donors (Lipinski definition) is 0. The first kappa shape index (κ1) is 42.7. The van der Waals surface area contributed by atoms with Gasteiger partial charge in [0, 0.05) is 45.1 Å². The third-order valence-corrected chi connectivity index (χ3v) is 10.3. The Morgan fingerprint density at radius 1 is 0.870 bits per heavy atom. The van der Waals surface area contributed by atoms with Crippen LogP contribution in [0.3, 0.4) is 0 Å². The molecule has 0 N–H and O–H groups in total. The molecule has 1 aromatic rings. The molecule has 0 aromatic heterocycles. The van der Waals surface area contributed by atoms with E-state index in [1.54, 1.807) is 51.1 Å². The maximum absolute atomic E-state index is 14.2. The molecule has 1 aromatic carbocycles. The monoisotopic (exact) mass is 754 g/mol. The molecule has 3 aliphatic rings. The Bertz CT molecular complexity index is 1620. The number of carbonyl (C=O) groups excluding carboxylic acids is 5. The van der Waals surface area contributed by atoms with Crippen molar-refractivity contribution >= 4 is 29.8 Å². The zero-order valence-corrected chi connectivity index (χ0v) is 33.8. The van der Waals surface area contributed by atoms with E-state index in [1.165, 1.54) is 20.8 Å². The lowest BCUT2D eigenvalue weighted by Crippen LogP contribution is -2.63. The number of ether oxygens (including phenoxy) is 7. The predicted octanol–water partition coefficient (Wildman–Crippen LogP) is 6.34. The van der Waals surface area contributed by atoms with Crippen LogP contribution in [0.25, 0.3) is 0 Å².